The predicted octanol–water partition coefficient (Wildman–Crippen LogP) is -2.91. The summed E-state index contributed by atoms with van der Waals surface area (Å²) in [6, 6.07) is 1.10. The van der Waals surface area contributed by atoms with Crippen LogP contribution in [0.1, 0.15) is 0 Å². The summed E-state index contributed by atoms with van der Waals surface area (Å²) in [6.45, 7) is 0. The van der Waals surface area contributed by atoms with E-state index in [0.717, 1.165) is 10.6 Å². The van der Waals surface area contributed by atoms with E-state index in [9.17, 15) is 33.9 Å². The minimum absolute atomic E-state index is 0.587. The molecular weight excluding hydrogens is 714 g/mol. The molecule has 18 nitrogen and oxygen atoms in total. The van der Waals surface area contributed by atoms with Gasteiger partial charge in [-0.25, -0.2) is 13.7 Å². The van der Waals surface area contributed by atoms with Crippen LogP contribution in [0.5, 0.6) is 0 Å². The molecule has 1 fully saturated rings. The van der Waals surface area contributed by atoms with Crippen molar-refractivity contribution in [1.82, 2.24) is 9.55 Å². The third kappa shape index (κ3) is 9.60. The Hall–Kier alpha value is 0.721. The molecule has 0 amide bonds. The number of halogens is 1. The van der Waals surface area contributed by atoms with Gasteiger partial charge >= 0.3 is 172 Å². The third-order valence-electron chi connectivity index (χ3n) is 3.57. The zero-order chi connectivity index (χ0) is 25.8. The molecular formula is C10H16BaBrN2O16P3. The molecule has 0 unspecified atom stereocenters. The average molecular weight is 730 g/mol. The number of aliphatic hydroxyl groups is 2. The maximum atomic E-state index is 11.9. The van der Waals surface area contributed by atoms with Crippen LogP contribution in [-0.2, 0) is 32.8 Å². The molecule has 1 aromatic heterocycles. The van der Waals surface area contributed by atoms with Crippen molar-refractivity contribution in [3.8, 4) is 0 Å². The van der Waals surface area contributed by atoms with Gasteiger partial charge in [-0.1, -0.05) is 0 Å². The Balaban J connectivity index is 0.000000366. The molecule has 2 rings (SSSR count). The average Bonchev–Trinajstić information content (AvgIpc) is 2.83. The van der Waals surface area contributed by atoms with Crippen LogP contribution in [-0.4, -0.2) is 102 Å². The standard InChI is InChI=1S/C10H10BrN2O5.Ba.H5O10P3.H2O/c11-3-2-10(8(16)6(14)5-18-10)13-4-1-7(15)12-9(13)17;;1-11(2,3)9-13(7,8)10-12(4,5)6;/h1-6,8,14,16H,(H,12,15,17);;(H,7,8)(H2,1,2,3)(H2,4,5,6);1H2/q;+1;;/p-1/t6-,8-,10-;;;/m1.../s1. The van der Waals surface area contributed by atoms with Crippen molar-refractivity contribution in [3.63, 3.8) is 0 Å². The van der Waals surface area contributed by atoms with Crippen LogP contribution < -0.4 is 11.2 Å². The van der Waals surface area contributed by atoms with E-state index < -0.39 is 98.1 Å². The number of aromatic nitrogens is 2. The summed E-state index contributed by atoms with van der Waals surface area (Å²) in [6.07, 6.45) is -0.230. The quantitative estimate of drug-likeness (QED) is 0.100. The Kier molecular flexibility index (Phi) is 11.8. The van der Waals surface area contributed by atoms with Gasteiger partial charge in [-0.2, -0.15) is 8.62 Å². The van der Waals surface area contributed by atoms with Crippen molar-refractivity contribution in [2.75, 3.05) is 0 Å². The summed E-state index contributed by atoms with van der Waals surface area (Å²) in [7, 11) is -16.2. The predicted molar refractivity (Wildman–Crippen MR) is 108 cm³/mol. The number of nitrogens with one attached hydrogen (secondary N) is 1. The second-order valence-corrected chi connectivity index (χ2v) is 14.3. The zero-order valence-corrected chi connectivity index (χ0v) is 24.5. The number of H-pyrrole nitrogens is 1. The molecule has 0 radical (unpaired) electrons. The first kappa shape index (κ1) is 31.8. The molecule has 0 aliphatic carbocycles. The number of hydrogen-bond acceptors (Lipinski definition) is 11. The molecule has 23 heteroatoms. The summed E-state index contributed by atoms with van der Waals surface area (Å²) < 4.78 is 51.4. The summed E-state index contributed by atoms with van der Waals surface area (Å²) >= 11 is 0.526. The van der Waals surface area contributed by atoms with Crippen LogP contribution in [0, 0.1) is 0 Å². The number of phosphoric acid groups is 3. The second kappa shape index (κ2) is 12.3. The molecule has 1 aliphatic rings. The van der Waals surface area contributed by atoms with E-state index in [1.807, 2.05) is 0 Å². The second-order valence-electron chi connectivity index (χ2n) is 5.91. The SMILES string of the molecule is O=P(O)(O)OP(=O)(O)OP(=O)(O)O.O=c1ccn([C@]2(C=CBr)O[C@H]([Ba][OH])[C@@H](O)[C@H]2O)c(=O)[nH]1. The molecule has 0 bridgehead atoms. The van der Waals surface area contributed by atoms with Gasteiger partial charge < -0.3 is 24.5 Å². The molecule has 1 saturated heterocycles. The van der Waals surface area contributed by atoms with E-state index in [2.05, 4.69) is 29.5 Å². The molecule has 0 spiro atoms. The van der Waals surface area contributed by atoms with Gasteiger partial charge in [0.2, 0.25) is 0 Å². The van der Waals surface area contributed by atoms with Crippen molar-refractivity contribution in [2.45, 2.75) is 18.5 Å². The van der Waals surface area contributed by atoms with Gasteiger partial charge in [0.1, 0.15) is 0 Å². The van der Waals surface area contributed by atoms with Gasteiger partial charge in [-0.05, 0) is 0 Å². The summed E-state index contributed by atoms with van der Waals surface area (Å²) in [4.78, 5) is 66.6. The Morgan fingerprint density at radius 2 is 1.64 bits per heavy atom. The molecule has 33 heavy (non-hydrogen) atoms. The third-order valence-corrected chi connectivity index (χ3v) is 10.4. The number of aliphatic hydroxyl groups excluding tert-OH is 2. The number of nitrogens with zero attached hydrogens (tertiary/aromatic N) is 1. The first-order valence-electron chi connectivity index (χ1n) is 7.99. The van der Waals surface area contributed by atoms with Crippen molar-refractivity contribution in [1.29, 1.82) is 0 Å². The Morgan fingerprint density at radius 3 is 2.00 bits per heavy atom. The normalized spacial score (nSPS) is 26.0. The monoisotopic (exact) mass is 730 g/mol. The van der Waals surface area contributed by atoms with Crippen LogP contribution in [0.4, 0.5) is 0 Å². The Morgan fingerprint density at radius 1 is 1.12 bits per heavy atom. The number of hydrogen-bond donors (Lipinski definition) is 9. The molecule has 1 aliphatic heterocycles. The fourth-order valence-corrected chi connectivity index (χ4v) is 7.94. The van der Waals surface area contributed by atoms with Gasteiger partial charge in [0.25, 0.3) is 0 Å². The topological polar surface area (TPSA) is 296 Å². The number of aromatic amines is 1. The molecule has 186 valence electrons. The van der Waals surface area contributed by atoms with E-state index in [4.69, 9.17) is 29.2 Å². The maximum absolute atomic E-state index is 11.9. The fourth-order valence-electron chi connectivity index (χ4n) is 2.46. The van der Waals surface area contributed by atoms with Crippen LogP contribution in [0.25, 0.3) is 0 Å². The Labute approximate surface area is 216 Å². The Bertz CT molecular complexity index is 1080. The molecule has 4 atom stereocenters. The molecule has 0 saturated carbocycles. The molecule has 9 N–H and O–H groups in total. The molecule has 2 heterocycles. The number of ether oxygens (including phenoxy) is 1. The van der Waals surface area contributed by atoms with Crippen molar-refractivity contribution >= 4 is 84.2 Å². The van der Waals surface area contributed by atoms with Gasteiger partial charge in [0, 0.05) is 0 Å². The van der Waals surface area contributed by atoms with Crippen LogP contribution in [0.2, 0.25) is 0 Å². The zero-order valence-electron chi connectivity index (χ0n) is 15.8. The first-order chi connectivity index (χ1) is 14.9. The van der Waals surface area contributed by atoms with E-state index in [1.165, 1.54) is 17.3 Å². The van der Waals surface area contributed by atoms with Gasteiger partial charge in [-0.3, -0.25) is 0 Å². The summed E-state index contributed by atoms with van der Waals surface area (Å²) in [5.74, 6) is 0. The van der Waals surface area contributed by atoms with E-state index in [1.54, 1.807) is 0 Å². The van der Waals surface area contributed by atoms with Crippen molar-refractivity contribution in [2.24, 2.45) is 0 Å². The minimum atomic E-state index is -5.46. The van der Waals surface area contributed by atoms with Gasteiger partial charge in [0.05, 0.1) is 0 Å². The van der Waals surface area contributed by atoms with Gasteiger partial charge in [0.15, 0.2) is 0 Å². The molecule has 1 aromatic rings. The van der Waals surface area contributed by atoms with E-state index in [0.29, 0.717) is 0 Å². The van der Waals surface area contributed by atoms with Crippen molar-refractivity contribution < 1.29 is 62.2 Å². The van der Waals surface area contributed by atoms with Crippen LogP contribution in [0.15, 0.2) is 32.9 Å². The van der Waals surface area contributed by atoms with Crippen molar-refractivity contribution in [3.05, 3.63) is 44.2 Å². The first-order valence-corrected chi connectivity index (χ1v) is 18.0. The summed E-state index contributed by atoms with van der Waals surface area (Å²) in [5.41, 5.74) is -3.04. The van der Waals surface area contributed by atoms with Crippen LogP contribution >= 0.6 is 39.4 Å². The van der Waals surface area contributed by atoms with Crippen LogP contribution in [0.3, 0.4) is 0 Å². The summed E-state index contributed by atoms with van der Waals surface area (Å²) in [5, 5.41) is 20.1. The molecule has 0 aromatic carbocycles. The van der Waals surface area contributed by atoms with Gasteiger partial charge in [-0.15, -0.1) is 0 Å². The fraction of sp³-hybridized carbons (Fsp3) is 0.400. The number of rotatable bonds is 7. The van der Waals surface area contributed by atoms with E-state index >= 15 is 0 Å². The van der Waals surface area contributed by atoms with E-state index in [-0.39, 0.29) is 0 Å².